The number of likely N-dealkylation sites (tertiary alicyclic amines) is 1. The zero-order valence-electron chi connectivity index (χ0n) is 16.0. The third-order valence-electron chi connectivity index (χ3n) is 5.53. The van der Waals surface area contributed by atoms with Gasteiger partial charge >= 0.3 is 0 Å². The average molecular weight is 404 g/mol. The molecule has 150 valence electrons. The van der Waals surface area contributed by atoms with Crippen LogP contribution in [-0.2, 0) is 9.53 Å². The fraction of sp³-hybridized carbons (Fsp3) is 0.571. The molecule has 0 spiro atoms. The number of ether oxygens (including phenoxy) is 1. The zero-order valence-corrected chi connectivity index (χ0v) is 16.7. The second-order valence-corrected chi connectivity index (χ2v) is 7.82. The summed E-state index contributed by atoms with van der Waals surface area (Å²) in [6, 6.07) is 9.12. The van der Waals surface area contributed by atoms with Crippen molar-refractivity contribution in [3.63, 3.8) is 0 Å². The van der Waals surface area contributed by atoms with E-state index in [9.17, 15) is 9.59 Å². The number of piperidine rings is 1. The second-order valence-electron chi connectivity index (χ2n) is 7.38. The lowest BCUT2D eigenvalue weighted by Crippen LogP contribution is -2.51. The first-order valence-electron chi connectivity index (χ1n) is 9.90. The molecule has 0 saturated carbocycles. The van der Waals surface area contributed by atoms with E-state index in [1.165, 1.54) is 0 Å². The first kappa shape index (κ1) is 20.6. The van der Waals surface area contributed by atoms with Gasteiger partial charge in [-0.2, -0.15) is 5.26 Å². The van der Waals surface area contributed by atoms with E-state index >= 15 is 0 Å². The molecule has 2 aliphatic rings. The Morgan fingerprint density at radius 2 is 1.93 bits per heavy atom. The van der Waals surface area contributed by atoms with Gasteiger partial charge in [-0.15, -0.1) is 0 Å². The smallest absolute Gasteiger partial charge is 0.253 e. The van der Waals surface area contributed by atoms with Gasteiger partial charge in [-0.05, 0) is 49.9 Å². The van der Waals surface area contributed by atoms with E-state index in [2.05, 4.69) is 6.07 Å². The van der Waals surface area contributed by atoms with Crippen LogP contribution in [0.15, 0.2) is 24.3 Å². The minimum Gasteiger partial charge on any atom is -0.381 e. The Morgan fingerprint density at radius 3 is 2.61 bits per heavy atom. The van der Waals surface area contributed by atoms with Crippen molar-refractivity contribution in [2.75, 3.05) is 32.8 Å². The number of carbonyl (C=O) groups excluding carboxylic acids is 2. The molecular weight excluding hydrogens is 378 g/mol. The Morgan fingerprint density at radius 1 is 1.21 bits per heavy atom. The quantitative estimate of drug-likeness (QED) is 0.757. The van der Waals surface area contributed by atoms with Crippen molar-refractivity contribution < 1.29 is 14.3 Å². The van der Waals surface area contributed by atoms with Crippen molar-refractivity contribution in [3.05, 3.63) is 34.9 Å². The van der Waals surface area contributed by atoms with E-state index in [0.29, 0.717) is 49.9 Å². The summed E-state index contributed by atoms with van der Waals surface area (Å²) in [5.41, 5.74) is 0.586. The highest BCUT2D eigenvalue weighted by molar-refractivity contribution is 6.30. The molecule has 0 bridgehead atoms. The molecule has 2 heterocycles. The van der Waals surface area contributed by atoms with E-state index in [0.717, 1.165) is 25.7 Å². The first-order chi connectivity index (χ1) is 13.6. The molecule has 2 fully saturated rings. The van der Waals surface area contributed by atoms with Crippen LogP contribution in [0.25, 0.3) is 0 Å². The van der Waals surface area contributed by atoms with Gasteiger partial charge < -0.3 is 14.5 Å². The minimum absolute atomic E-state index is 0.0655. The SMILES string of the molecule is N#CCCN(C(=O)C1CCCN(C(=O)c2ccc(Cl)cc2)C1)C1CCOCC1. The van der Waals surface area contributed by atoms with Crippen LogP contribution in [0.4, 0.5) is 0 Å². The van der Waals surface area contributed by atoms with Crippen LogP contribution in [0.2, 0.25) is 5.02 Å². The predicted octanol–water partition coefficient (Wildman–Crippen LogP) is 3.11. The third-order valence-corrected chi connectivity index (χ3v) is 5.78. The van der Waals surface area contributed by atoms with Gasteiger partial charge in [-0.1, -0.05) is 11.6 Å². The highest BCUT2D eigenvalue weighted by Gasteiger charge is 2.34. The molecule has 1 aromatic carbocycles. The monoisotopic (exact) mass is 403 g/mol. The Bertz CT molecular complexity index is 725. The van der Waals surface area contributed by atoms with Gasteiger partial charge in [-0.3, -0.25) is 9.59 Å². The van der Waals surface area contributed by atoms with Gasteiger partial charge in [0.1, 0.15) is 0 Å². The molecule has 0 radical (unpaired) electrons. The molecule has 0 aliphatic carbocycles. The molecule has 1 aromatic rings. The molecule has 3 rings (SSSR count). The summed E-state index contributed by atoms with van der Waals surface area (Å²) in [6.07, 6.45) is 3.50. The third kappa shape index (κ3) is 5.03. The van der Waals surface area contributed by atoms with E-state index in [4.69, 9.17) is 21.6 Å². The van der Waals surface area contributed by atoms with Gasteiger partial charge in [0.25, 0.3) is 5.91 Å². The van der Waals surface area contributed by atoms with Crippen molar-refractivity contribution in [2.24, 2.45) is 5.92 Å². The van der Waals surface area contributed by atoms with Crippen molar-refractivity contribution in [2.45, 2.75) is 38.1 Å². The van der Waals surface area contributed by atoms with Gasteiger partial charge in [0, 0.05) is 49.5 Å². The van der Waals surface area contributed by atoms with E-state index in [-0.39, 0.29) is 23.8 Å². The molecule has 0 N–H and O–H groups in total. The Balaban J connectivity index is 1.68. The summed E-state index contributed by atoms with van der Waals surface area (Å²) in [5, 5.41) is 9.58. The maximum Gasteiger partial charge on any atom is 0.253 e. The summed E-state index contributed by atoms with van der Waals surface area (Å²) in [6.45, 7) is 2.81. The molecule has 2 aliphatic heterocycles. The molecule has 2 amide bonds. The molecular formula is C21H26ClN3O3. The number of nitrogens with zero attached hydrogens (tertiary/aromatic N) is 3. The largest absolute Gasteiger partial charge is 0.381 e. The number of hydrogen-bond donors (Lipinski definition) is 0. The fourth-order valence-electron chi connectivity index (χ4n) is 4.01. The topological polar surface area (TPSA) is 73.6 Å². The summed E-state index contributed by atoms with van der Waals surface area (Å²) in [5.74, 6) is -0.217. The van der Waals surface area contributed by atoms with E-state index in [1.54, 1.807) is 29.2 Å². The first-order valence-corrected chi connectivity index (χ1v) is 10.3. The summed E-state index contributed by atoms with van der Waals surface area (Å²) in [4.78, 5) is 29.7. The number of amides is 2. The van der Waals surface area contributed by atoms with Gasteiger partial charge in [-0.25, -0.2) is 0 Å². The lowest BCUT2D eigenvalue weighted by atomic mass is 9.94. The minimum atomic E-state index is -0.216. The average Bonchev–Trinajstić information content (AvgIpc) is 2.75. The maximum absolute atomic E-state index is 13.3. The number of carbonyl (C=O) groups is 2. The molecule has 6 nitrogen and oxygen atoms in total. The molecule has 1 atom stereocenters. The highest BCUT2D eigenvalue weighted by atomic mass is 35.5. The lowest BCUT2D eigenvalue weighted by Gasteiger charge is -2.39. The molecule has 1 unspecified atom stereocenters. The van der Waals surface area contributed by atoms with Crippen LogP contribution in [-0.4, -0.2) is 60.5 Å². The summed E-state index contributed by atoms with van der Waals surface area (Å²) >= 11 is 5.91. The maximum atomic E-state index is 13.3. The lowest BCUT2D eigenvalue weighted by molar-refractivity contribution is -0.141. The van der Waals surface area contributed by atoms with Gasteiger partial charge in [0.2, 0.25) is 5.91 Å². The van der Waals surface area contributed by atoms with Crippen LogP contribution >= 0.6 is 11.6 Å². The van der Waals surface area contributed by atoms with Gasteiger partial charge in [0.05, 0.1) is 18.4 Å². The van der Waals surface area contributed by atoms with Crippen molar-refractivity contribution >= 4 is 23.4 Å². The normalized spacial score (nSPS) is 20.4. The van der Waals surface area contributed by atoms with Crippen molar-refractivity contribution in [1.29, 1.82) is 5.26 Å². The fourth-order valence-corrected chi connectivity index (χ4v) is 4.14. The van der Waals surface area contributed by atoms with Crippen LogP contribution in [0.5, 0.6) is 0 Å². The van der Waals surface area contributed by atoms with Crippen LogP contribution in [0, 0.1) is 17.2 Å². The molecule has 28 heavy (non-hydrogen) atoms. The van der Waals surface area contributed by atoms with Gasteiger partial charge in [0.15, 0.2) is 0 Å². The number of benzene rings is 1. The number of rotatable bonds is 5. The number of hydrogen-bond acceptors (Lipinski definition) is 4. The van der Waals surface area contributed by atoms with E-state index < -0.39 is 0 Å². The van der Waals surface area contributed by atoms with Crippen molar-refractivity contribution in [1.82, 2.24) is 9.80 Å². The van der Waals surface area contributed by atoms with Crippen LogP contribution < -0.4 is 0 Å². The zero-order chi connectivity index (χ0) is 19.9. The van der Waals surface area contributed by atoms with E-state index in [1.807, 2.05) is 4.90 Å². The number of nitriles is 1. The molecule has 0 aromatic heterocycles. The Labute approximate surface area is 171 Å². The summed E-state index contributed by atoms with van der Waals surface area (Å²) < 4.78 is 5.42. The Kier molecular flexibility index (Phi) is 7.30. The number of halogens is 1. The molecule has 7 heteroatoms. The summed E-state index contributed by atoms with van der Waals surface area (Å²) in [7, 11) is 0. The van der Waals surface area contributed by atoms with Crippen LogP contribution in [0.1, 0.15) is 42.5 Å². The Hall–Kier alpha value is -2.10. The predicted molar refractivity (Wildman–Crippen MR) is 106 cm³/mol. The van der Waals surface area contributed by atoms with Crippen molar-refractivity contribution in [3.8, 4) is 6.07 Å². The molecule has 2 saturated heterocycles. The highest BCUT2D eigenvalue weighted by Crippen LogP contribution is 2.24. The standard InChI is InChI=1S/C21H26ClN3O3/c22-18-6-4-16(5-7-18)20(26)24-11-1-3-17(15-24)21(27)25(12-2-10-23)19-8-13-28-14-9-19/h4-7,17,19H,1-3,8-9,11-15H2. The second kappa shape index (κ2) is 9.90. The van der Waals surface area contributed by atoms with Crippen LogP contribution in [0.3, 0.4) is 0 Å².